The van der Waals surface area contributed by atoms with Gasteiger partial charge in [-0.2, -0.15) is 0 Å². The van der Waals surface area contributed by atoms with Crippen molar-refractivity contribution in [2.24, 2.45) is 7.05 Å². The number of rotatable bonds is 2. The van der Waals surface area contributed by atoms with Gasteiger partial charge in [-0.3, -0.25) is 0 Å². The molecule has 22 heavy (non-hydrogen) atoms. The number of aromatic nitrogens is 1. The fourth-order valence-electron chi connectivity index (χ4n) is 2.68. The number of nitrogens with zero attached hydrogens (tertiary/aromatic N) is 1. The molecule has 1 nitrogen and oxygen atoms in total. The number of aryl methyl sites for hydroxylation is 2. The van der Waals surface area contributed by atoms with Crippen LogP contribution in [-0.2, 0) is 7.05 Å². The number of hydrogen-bond acceptors (Lipinski definition) is 0. The van der Waals surface area contributed by atoms with E-state index in [4.69, 9.17) is 0 Å². The van der Waals surface area contributed by atoms with Gasteiger partial charge >= 0.3 is 0 Å². The van der Waals surface area contributed by atoms with Crippen molar-refractivity contribution in [1.29, 1.82) is 0 Å². The molecule has 1 heterocycles. The molecule has 0 radical (unpaired) electrons. The molecule has 0 unspecified atom stereocenters. The van der Waals surface area contributed by atoms with Gasteiger partial charge in [0, 0.05) is 7.05 Å². The van der Waals surface area contributed by atoms with Gasteiger partial charge in [0.15, 0.2) is 0 Å². The van der Waals surface area contributed by atoms with Gasteiger partial charge in [-0.25, -0.2) is 0 Å². The molecule has 0 aliphatic rings. The van der Waals surface area contributed by atoms with E-state index in [-0.39, 0.29) is 0 Å². The van der Waals surface area contributed by atoms with Crippen molar-refractivity contribution < 1.29 is 0 Å². The Kier molecular flexibility index (Phi) is 4.28. The minimum absolute atomic E-state index is 1.09. The van der Waals surface area contributed by atoms with Crippen LogP contribution < -0.4 is 0 Å². The van der Waals surface area contributed by atoms with Crippen molar-refractivity contribution in [2.75, 3.05) is 0 Å². The molecule has 0 bridgehead atoms. The van der Waals surface area contributed by atoms with Gasteiger partial charge in [0.1, 0.15) is 0 Å². The zero-order valence-electron chi connectivity index (χ0n) is 12.8. The molecule has 3 rings (SSSR count). The van der Waals surface area contributed by atoms with Crippen LogP contribution in [0.1, 0.15) is 11.1 Å². The lowest BCUT2D eigenvalue weighted by atomic mass is 10.1. The second-order valence-corrected chi connectivity index (χ2v) is 7.20. The van der Waals surface area contributed by atoms with E-state index in [0.717, 1.165) is 8.95 Å². The summed E-state index contributed by atoms with van der Waals surface area (Å²) in [5.41, 5.74) is 7.32. The molecule has 0 fully saturated rings. The van der Waals surface area contributed by atoms with Crippen molar-refractivity contribution in [3.63, 3.8) is 0 Å². The quantitative estimate of drug-likeness (QED) is 0.447. The zero-order chi connectivity index (χ0) is 15.9. The van der Waals surface area contributed by atoms with E-state index in [2.05, 4.69) is 106 Å². The minimum Gasteiger partial charge on any atom is -0.342 e. The van der Waals surface area contributed by atoms with Crippen LogP contribution in [0.4, 0.5) is 0 Å². The Hall–Kier alpha value is -1.32. The molecule has 0 saturated heterocycles. The lowest BCUT2D eigenvalue weighted by Crippen LogP contribution is -1.95. The van der Waals surface area contributed by atoms with E-state index in [1.54, 1.807) is 0 Å². The standard InChI is InChI=1S/C19H17Br2N/c1-12-4-8-14(9-5-12)18-16(20)17(21)19(22(18)3)15-10-6-13(2)7-11-15/h4-11H,1-3H3. The summed E-state index contributed by atoms with van der Waals surface area (Å²) < 4.78 is 4.42. The second-order valence-electron chi connectivity index (χ2n) is 5.62. The molecule has 1 aromatic heterocycles. The van der Waals surface area contributed by atoms with Crippen molar-refractivity contribution in [3.05, 3.63) is 68.6 Å². The van der Waals surface area contributed by atoms with E-state index in [0.29, 0.717) is 0 Å². The van der Waals surface area contributed by atoms with Gasteiger partial charge in [0.2, 0.25) is 0 Å². The molecule has 0 amide bonds. The normalized spacial score (nSPS) is 11.0. The maximum Gasteiger partial charge on any atom is 0.0638 e. The van der Waals surface area contributed by atoms with Crippen molar-refractivity contribution >= 4 is 31.9 Å². The Morgan fingerprint density at radius 1 is 0.636 bits per heavy atom. The third-order valence-electron chi connectivity index (χ3n) is 3.93. The van der Waals surface area contributed by atoms with Gasteiger partial charge in [-0.15, -0.1) is 0 Å². The molecule has 112 valence electrons. The topological polar surface area (TPSA) is 4.93 Å². The van der Waals surface area contributed by atoms with Crippen LogP contribution in [0.25, 0.3) is 22.5 Å². The van der Waals surface area contributed by atoms with E-state index < -0.39 is 0 Å². The molecule has 3 heteroatoms. The molecule has 2 aromatic carbocycles. The largest absolute Gasteiger partial charge is 0.342 e. The van der Waals surface area contributed by atoms with E-state index in [1.807, 2.05) is 0 Å². The summed E-state index contributed by atoms with van der Waals surface area (Å²) in [5, 5.41) is 0. The first kappa shape index (κ1) is 15.6. The maximum absolute atomic E-state index is 3.75. The molecular weight excluding hydrogens is 402 g/mol. The Morgan fingerprint density at radius 2 is 0.955 bits per heavy atom. The Labute approximate surface area is 148 Å². The number of halogens is 2. The van der Waals surface area contributed by atoms with E-state index in [9.17, 15) is 0 Å². The monoisotopic (exact) mass is 417 g/mol. The average molecular weight is 419 g/mol. The summed E-state index contributed by atoms with van der Waals surface area (Å²) in [4.78, 5) is 0. The maximum atomic E-state index is 3.75. The summed E-state index contributed by atoms with van der Waals surface area (Å²) >= 11 is 7.50. The SMILES string of the molecule is Cc1ccc(-c2c(Br)c(Br)c(-c3ccc(C)cc3)n2C)cc1. The molecular formula is C19H17Br2N. The van der Waals surface area contributed by atoms with Crippen LogP contribution in [0.3, 0.4) is 0 Å². The van der Waals surface area contributed by atoms with E-state index in [1.165, 1.54) is 33.6 Å². The van der Waals surface area contributed by atoms with Crippen LogP contribution >= 0.6 is 31.9 Å². The lowest BCUT2D eigenvalue weighted by Gasteiger charge is -2.09. The highest BCUT2D eigenvalue weighted by atomic mass is 79.9. The Balaban J connectivity index is 2.20. The third kappa shape index (κ3) is 2.68. The Bertz CT molecular complexity index is 743. The molecule has 0 N–H and O–H groups in total. The van der Waals surface area contributed by atoms with Gasteiger partial charge < -0.3 is 4.57 Å². The number of hydrogen-bond donors (Lipinski definition) is 0. The first-order valence-electron chi connectivity index (χ1n) is 7.17. The van der Waals surface area contributed by atoms with Crippen LogP contribution in [0, 0.1) is 13.8 Å². The van der Waals surface area contributed by atoms with Crippen LogP contribution in [0.15, 0.2) is 57.5 Å². The number of benzene rings is 2. The molecule has 0 aliphatic carbocycles. The van der Waals surface area contributed by atoms with Gasteiger partial charge in [0.25, 0.3) is 0 Å². The van der Waals surface area contributed by atoms with Crippen molar-refractivity contribution in [3.8, 4) is 22.5 Å². The summed E-state index contributed by atoms with van der Waals surface area (Å²) in [6, 6.07) is 17.3. The zero-order valence-corrected chi connectivity index (χ0v) is 16.0. The van der Waals surface area contributed by atoms with Gasteiger partial charge in [-0.05, 0) is 56.8 Å². The second kappa shape index (κ2) is 6.05. The predicted octanol–water partition coefficient (Wildman–Crippen LogP) is 6.50. The first-order valence-corrected chi connectivity index (χ1v) is 8.75. The van der Waals surface area contributed by atoms with Crippen molar-refractivity contribution in [2.45, 2.75) is 13.8 Å². The first-order chi connectivity index (χ1) is 10.5. The molecule has 0 spiro atoms. The van der Waals surface area contributed by atoms with Crippen LogP contribution in [0.2, 0.25) is 0 Å². The van der Waals surface area contributed by atoms with Gasteiger partial charge in [0.05, 0.1) is 20.3 Å². The fourth-order valence-corrected chi connectivity index (χ4v) is 4.04. The highest BCUT2D eigenvalue weighted by Gasteiger charge is 2.19. The Morgan fingerprint density at radius 3 is 1.27 bits per heavy atom. The highest BCUT2D eigenvalue weighted by Crippen LogP contribution is 2.43. The van der Waals surface area contributed by atoms with Gasteiger partial charge in [-0.1, -0.05) is 59.7 Å². The summed E-state index contributed by atoms with van der Waals surface area (Å²) in [6.07, 6.45) is 0. The summed E-state index contributed by atoms with van der Waals surface area (Å²) in [6.45, 7) is 4.22. The minimum atomic E-state index is 1.09. The van der Waals surface area contributed by atoms with E-state index >= 15 is 0 Å². The molecule has 0 saturated carbocycles. The molecule has 0 atom stereocenters. The smallest absolute Gasteiger partial charge is 0.0638 e. The average Bonchev–Trinajstić information content (AvgIpc) is 2.72. The van der Waals surface area contributed by atoms with Crippen LogP contribution in [0.5, 0.6) is 0 Å². The molecule has 3 aromatic rings. The third-order valence-corrected chi connectivity index (χ3v) is 6.01. The summed E-state index contributed by atoms with van der Waals surface area (Å²) in [7, 11) is 2.11. The molecule has 0 aliphatic heterocycles. The summed E-state index contributed by atoms with van der Waals surface area (Å²) in [5.74, 6) is 0. The predicted molar refractivity (Wildman–Crippen MR) is 101 cm³/mol. The highest BCUT2D eigenvalue weighted by molar-refractivity contribution is 9.13. The fraction of sp³-hybridized carbons (Fsp3) is 0.158. The van der Waals surface area contributed by atoms with Crippen molar-refractivity contribution in [1.82, 2.24) is 4.57 Å². The lowest BCUT2D eigenvalue weighted by molar-refractivity contribution is 0.943. The van der Waals surface area contributed by atoms with Crippen LogP contribution in [-0.4, -0.2) is 4.57 Å².